The Balaban J connectivity index is 1.40. The monoisotopic (exact) mass is 432 g/mol. The van der Waals surface area contributed by atoms with Crippen LogP contribution in [0.4, 0.5) is 0 Å². The lowest BCUT2D eigenvalue weighted by Crippen LogP contribution is -2.14. The minimum atomic E-state index is -0.592. The van der Waals surface area contributed by atoms with Gasteiger partial charge in [-0.05, 0) is 29.0 Å². The van der Waals surface area contributed by atoms with Crippen molar-refractivity contribution in [2.24, 2.45) is 0 Å². The number of hydrogen-bond acceptors (Lipinski definition) is 4. The molecule has 0 saturated heterocycles. The lowest BCUT2D eigenvalue weighted by Gasteiger charge is -2.06. The first-order chi connectivity index (χ1) is 16.2. The van der Waals surface area contributed by atoms with E-state index in [0.29, 0.717) is 16.8 Å². The molecular formula is C28H20N2O3. The van der Waals surface area contributed by atoms with E-state index in [1.807, 2.05) is 97.1 Å². The minimum Gasteiger partial charge on any atom is -0.454 e. The summed E-state index contributed by atoms with van der Waals surface area (Å²) in [5.41, 5.74) is 2.92. The molecule has 0 aliphatic carbocycles. The first-order valence-electron chi connectivity index (χ1n) is 10.6. The highest BCUT2D eigenvalue weighted by molar-refractivity contribution is 6.03. The van der Waals surface area contributed by atoms with Crippen LogP contribution in [-0.2, 0) is 4.74 Å². The van der Waals surface area contributed by atoms with E-state index in [-0.39, 0.29) is 12.4 Å². The number of para-hydroxylation sites is 1. The van der Waals surface area contributed by atoms with Crippen LogP contribution in [0.25, 0.3) is 27.7 Å². The number of esters is 1. The maximum atomic E-state index is 13.0. The van der Waals surface area contributed by atoms with E-state index >= 15 is 0 Å². The molecule has 0 aliphatic heterocycles. The molecule has 5 nitrogen and oxygen atoms in total. The summed E-state index contributed by atoms with van der Waals surface area (Å²) >= 11 is 0. The highest BCUT2D eigenvalue weighted by Gasteiger charge is 2.21. The molecule has 33 heavy (non-hydrogen) atoms. The van der Waals surface area contributed by atoms with Crippen molar-refractivity contribution in [2.75, 3.05) is 6.61 Å². The Morgan fingerprint density at radius 3 is 2.18 bits per heavy atom. The van der Waals surface area contributed by atoms with E-state index in [0.717, 1.165) is 22.0 Å². The number of hydrogen-bond donors (Lipinski definition) is 0. The maximum absolute atomic E-state index is 13.0. The number of rotatable bonds is 6. The fourth-order valence-electron chi connectivity index (χ4n) is 3.70. The van der Waals surface area contributed by atoms with Crippen LogP contribution < -0.4 is 0 Å². The SMILES string of the molecule is O=C(COC(=O)c1cn(-c2ccccc2)nc1-c1ccccc1)c1ccc2ccccc2c1. The molecule has 0 aliphatic rings. The van der Waals surface area contributed by atoms with Gasteiger partial charge in [-0.15, -0.1) is 0 Å². The zero-order valence-electron chi connectivity index (χ0n) is 17.7. The first kappa shape index (κ1) is 20.4. The summed E-state index contributed by atoms with van der Waals surface area (Å²) in [4.78, 5) is 25.7. The van der Waals surface area contributed by atoms with Gasteiger partial charge in [-0.3, -0.25) is 4.79 Å². The van der Waals surface area contributed by atoms with Gasteiger partial charge < -0.3 is 4.74 Å². The summed E-state index contributed by atoms with van der Waals surface area (Å²) in [5.74, 6) is -0.851. The smallest absolute Gasteiger partial charge is 0.342 e. The fourth-order valence-corrected chi connectivity index (χ4v) is 3.70. The number of ether oxygens (including phenoxy) is 1. The molecule has 1 aromatic heterocycles. The predicted octanol–water partition coefficient (Wildman–Crippen LogP) is 5.73. The third-order valence-electron chi connectivity index (χ3n) is 5.41. The molecule has 4 aromatic carbocycles. The van der Waals surface area contributed by atoms with E-state index in [9.17, 15) is 9.59 Å². The van der Waals surface area contributed by atoms with Crippen molar-refractivity contribution < 1.29 is 14.3 Å². The molecule has 0 unspecified atom stereocenters. The predicted molar refractivity (Wildman–Crippen MR) is 128 cm³/mol. The van der Waals surface area contributed by atoms with Crippen LogP contribution in [0, 0.1) is 0 Å². The Kier molecular flexibility index (Phi) is 5.52. The number of carbonyl (C=O) groups excluding carboxylic acids is 2. The average molecular weight is 432 g/mol. The van der Waals surface area contributed by atoms with Gasteiger partial charge in [-0.2, -0.15) is 5.10 Å². The molecule has 5 heteroatoms. The lowest BCUT2D eigenvalue weighted by molar-refractivity contribution is 0.0475. The zero-order chi connectivity index (χ0) is 22.6. The van der Waals surface area contributed by atoms with Crippen LogP contribution in [0.5, 0.6) is 0 Å². The average Bonchev–Trinajstić information content (AvgIpc) is 3.33. The quantitative estimate of drug-likeness (QED) is 0.254. The maximum Gasteiger partial charge on any atom is 0.342 e. The molecule has 0 amide bonds. The summed E-state index contributed by atoms with van der Waals surface area (Å²) in [6.45, 7) is -0.345. The van der Waals surface area contributed by atoms with Crippen molar-refractivity contribution in [1.29, 1.82) is 0 Å². The van der Waals surface area contributed by atoms with Crippen molar-refractivity contribution in [3.05, 3.63) is 120 Å². The van der Waals surface area contributed by atoms with Crippen molar-refractivity contribution in [2.45, 2.75) is 0 Å². The largest absolute Gasteiger partial charge is 0.454 e. The van der Waals surface area contributed by atoms with Gasteiger partial charge in [0, 0.05) is 17.3 Å². The molecule has 160 valence electrons. The van der Waals surface area contributed by atoms with Gasteiger partial charge in [-0.25, -0.2) is 9.48 Å². The topological polar surface area (TPSA) is 61.2 Å². The Morgan fingerprint density at radius 2 is 1.42 bits per heavy atom. The van der Waals surface area contributed by atoms with Crippen molar-refractivity contribution in [3.63, 3.8) is 0 Å². The molecule has 1 heterocycles. The fraction of sp³-hybridized carbons (Fsp3) is 0.0357. The van der Waals surface area contributed by atoms with Crippen LogP contribution in [0.2, 0.25) is 0 Å². The van der Waals surface area contributed by atoms with Crippen molar-refractivity contribution in [1.82, 2.24) is 9.78 Å². The molecule has 0 radical (unpaired) electrons. The second kappa shape index (κ2) is 8.93. The third-order valence-corrected chi connectivity index (χ3v) is 5.41. The van der Waals surface area contributed by atoms with Gasteiger partial charge in [-0.1, -0.05) is 84.9 Å². The third kappa shape index (κ3) is 4.29. The van der Waals surface area contributed by atoms with Crippen LogP contribution in [0.1, 0.15) is 20.7 Å². The molecule has 0 fully saturated rings. The minimum absolute atomic E-state index is 0.259. The molecule has 0 atom stereocenters. The summed E-state index contributed by atoms with van der Waals surface area (Å²) in [6, 6.07) is 32.2. The second-order valence-corrected chi connectivity index (χ2v) is 7.60. The molecule has 0 saturated carbocycles. The Hall–Kier alpha value is -4.51. The van der Waals surface area contributed by atoms with Crippen LogP contribution in [-0.4, -0.2) is 28.1 Å². The van der Waals surface area contributed by atoms with Gasteiger partial charge in [0.15, 0.2) is 12.4 Å². The van der Waals surface area contributed by atoms with Crippen LogP contribution in [0.3, 0.4) is 0 Å². The Labute approximate surface area is 190 Å². The number of benzene rings is 4. The number of fused-ring (bicyclic) bond motifs is 1. The standard InChI is InChI=1S/C28H20N2O3/c31-26(23-16-15-20-9-7-8-12-22(20)17-23)19-33-28(32)25-18-30(24-13-5-2-6-14-24)29-27(25)21-10-3-1-4-11-21/h1-18H,19H2. The van der Waals surface area contributed by atoms with Gasteiger partial charge >= 0.3 is 5.97 Å². The second-order valence-electron chi connectivity index (χ2n) is 7.60. The van der Waals surface area contributed by atoms with Gasteiger partial charge in [0.25, 0.3) is 0 Å². The number of aromatic nitrogens is 2. The lowest BCUT2D eigenvalue weighted by atomic mass is 10.0. The van der Waals surface area contributed by atoms with Gasteiger partial charge in [0.1, 0.15) is 11.3 Å². The number of Topliss-reactive ketones (excluding diaryl/α,β-unsaturated/α-hetero) is 1. The van der Waals surface area contributed by atoms with Crippen LogP contribution >= 0.6 is 0 Å². The van der Waals surface area contributed by atoms with E-state index in [2.05, 4.69) is 5.10 Å². The molecular weight excluding hydrogens is 412 g/mol. The number of ketones is 1. The summed E-state index contributed by atoms with van der Waals surface area (Å²) in [7, 11) is 0. The highest BCUT2D eigenvalue weighted by atomic mass is 16.5. The Bertz CT molecular complexity index is 1440. The first-order valence-corrected chi connectivity index (χ1v) is 10.6. The van der Waals surface area contributed by atoms with E-state index in [1.165, 1.54) is 0 Å². The van der Waals surface area contributed by atoms with Gasteiger partial charge in [0.2, 0.25) is 0 Å². The number of nitrogens with zero attached hydrogens (tertiary/aromatic N) is 2. The summed E-state index contributed by atoms with van der Waals surface area (Å²) in [5, 5.41) is 6.63. The number of carbonyl (C=O) groups is 2. The molecule has 0 spiro atoms. The normalized spacial score (nSPS) is 10.8. The van der Waals surface area contributed by atoms with Crippen molar-refractivity contribution in [3.8, 4) is 16.9 Å². The van der Waals surface area contributed by atoms with E-state index < -0.39 is 5.97 Å². The van der Waals surface area contributed by atoms with E-state index in [1.54, 1.807) is 16.9 Å². The van der Waals surface area contributed by atoms with Crippen molar-refractivity contribution >= 4 is 22.5 Å². The summed E-state index contributed by atoms with van der Waals surface area (Å²) < 4.78 is 7.07. The Morgan fingerprint density at radius 1 is 0.758 bits per heavy atom. The zero-order valence-corrected chi connectivity index (χ0v) is 17.7. The van der Waals surface area contributed by atoms with Gasteiger partial charge in [0.05, 0.1) is 5.69 Å². The molecule has 5 aromatic rings. The highest BCUT2D eigenvalue weighted by Crippen LogP contribution is 2.24. The van der Waals surface area contributed by atoms with E-state index in [4.69, 9.17) is 4.74 Å². The molecule has 0 N–H and O–H groups in total. The molecule has 5 rings (SSSR count). The van der Waals surface area contributed by atoms with Crippen LogP contribution in [0.15, 0.2) is 109 Å². The summed E-state index contributed by atoms with van der Waals surface area (Å²) in [6.07, 6.45) is 1.64. The molecule has 0 bridgehead atoms.